The predicted molar refractivity (Wildman–Crippen MR) is 114 cm³/mol. The molecule has 28 heavy (non-hydrogen) atoms. The third-order valence-electron chi connectivity index (χ3n) is 4.67. The van der Waals surface area contributed by atoms with E-state index in [4.69, 9.17) is 9.72 Å². The van der Waals surface area contributed by atoms with E-state index < -0.39 is 0 Å². The summed E-state index contributed by atoms with van der Waals surface area (Å²) < 4.78 is 5.65. The van der Waals surface area contributed by atoms with Crippen LogP contribution in [0.25, 0.3) is 0 Å². The van der Waals surface area contributed by atoms with Crippen molar-refractivity contribution < 1.29 is 9.53 Å². The summed E-state index contributed by atoms with van der Waals surface area (Å²) in [6, 6.07) is 16.9. The lowest BCUT2D eigenvalue weighted by Crippen LogP contribution is -2.31. The summed E-state index contributed by atoms with van der Waals surface area (Å²) in [6.45, 7) is 2.46. The van der Waals surface area contributed by atoms with Gasteiger partial charge in [0.1, 0.15) is 5.75 Å². The number of urea groups is 1. The second kappa shape index (κ2) is 8.44. The minimum absolute atomic E-state index is 0.246. The highest BCUT2D eigenvalue weighted by molar-refractivity contribution is 7.16. The van der Waals surface area contributed by atoms with Crippen LogP contribution in [0.4, 0.5) is 21.3 Å². The standard InChI is InChI=1S/C22H23N3O2S/c1-2-27-19-14-8-6-12-17(19)23-21(26)25(16-10-4-3-5-11-16)22-24-18-13-7-9-15-20(18)28-22/h3-6,8,10-12,14H,2,7,9,13,15H2,1H3,(H,23,26). The number of carbonyl (C=O) groups excluding carboxylic acids is 1. The molecule has 0 aliphatic heterocycles. The number of para-hydroxylation sites is 3. The molecule has 1 aliphatic carbocycles. The normalized spacial score (nSPS) is 12.9. The van der Waals surface area contributed by atoms with Crippen molar-refractivity contribution in [3.8, 4) is 5.75 Å². The number of hydrogen-bond acceptors (Lipinski definition) is 4. The number of ether oxygens (including phenoxy) is 1. The minimum atomic E-state index is -0.246. The Hall–Kier alpha value is -2.86. The zero-order chi connectivity index (χ0) is 19.3. The minimum Gasteiger partial charge on any atom is -0.492 e. The molecular formula is C22H23N3O2S. The van der Waals surface area contributed by atoms with E-state index >= 15 is 0 Å². The molecule has 6 heteroatoms. The number of anilines is 3. The molecule has 1 aliphatic rings. The van der Waals surface area contributed by atoms with Gasteiger partial charge >= 0.3 is 6.03 Å². The van der Waals surface area contributed by atoms with Crippen molar-refractivity contribution in [2.75, 3.05) is 16.8 Å². The average molecular weight is 394 g/mol. The Morgan fingerprint density at radius 2 is 1.86 bits per heavy atom. The van der Waals surface area contributed by atoms with Crippen molar-refractivity contribution in [1.29, 1.82) is 0 Å². The topological polar surface area (TPSA) is 54.5 Å². The van der Waals surface area contributed by atoms with Gasteiger partial charge in [0, 0.05) is 4.88 Å². The lowest BCUT2D eigenvalue weighted by Gasteiger charge is -2.21. The number of nitrogens with one attached hydrogen (secondary N) is 1. The van der Waals surface area contributed by atoms with Crippen LogP contribution in [0.2, 0.25) is 0 Å². The maximum absolute atomic E-state index is 13.3. The van der Waals surface area contributed by atoms with Crippen molar-refractivity contribution in [2.45, 2.75) is 32.6 Å². The van der Waals surface area contributed by atoms with E-state index in [1.807, 2.05) is 61.5 Å². The quantitative estimate of drug-likeness (QED) is 0.597. The van der Waals surface area contributed by atoms with Gasteiger partial charge < -0.3 is 10.1 Å². The summed E-state index contributed by atoms with van der Waals surface area (Å²) >= 11 is 1.61. The molecule has 0 saturated heterocycles. The molecule has 0 atom stereocenters. The highest BCUT2D eigenvalue weighted by Gasteiger charge is 2.25. The molecule has 0 bridgehead atoms. The average Bonchev–Trinajstić information content (AvgIpc) is 3.14. The Morgan fingerprint density at radius 3 is 2.64 bits per heavy atom. The van der Waals surface area contributed by atoms with Crippen LogP contribution >= 0.6 is 11.3 Å². The first-order valence-electron chi connectivity index (χ1n) is 9.63. The fourth-order valence-electron chi connectivity index (χ4n) is 3.35. The van der Waals surface area contributed by atoms with Gasteiger partial charge in [0.05, 0.1) is 23.7 Å². The molecule has 0 saturated carbocycles. The van der Waals surface area contributed by atoms with Gasteiger partial charge in [-0.1, -0.05) is 30.3 Å². The first-order valence-corrected chi connectivity index (χ1v) is 10.4. The monoisotopic (exact) mass is 393 g/mol. The zero-order valence-corrected chi connectivity index (χ0v) is 16.7. The predicted octanol–water partition coefficient (Wildman–Crippen LogP) is 5.79. The summed E-state index contributed by atoms with van der Waals surface area (Å²) in [5.41, 5.74) is 2.58. The number of aromatic nitrogens is 1. The highest BCUT2D eigenvalue weighted by Crippen LogP contribution is 2.36. The maximum Gasteiger partial charge on any atom is 0.332 e. The molecule has 2 amide bonds. The molecule has 3 aromatic rings. The number of aryl methyl sites for hydroxylation is 2. The van der Waals surface area contributed by atoms with Gasteiger partial charge in [-0.2, -0.15) is 0 Å². The third-order valence-corrected chi connectivity index (χ3v) is 5.81. The highest BCUT2D eigenvalue weighted by atomic mass is 32.1. The van der Waals surface area contributed by atoms with E-state index in [9.17, 15) is 4.79 Å². The van der Waals surface area contributed by atoms with Crippen LogP contribution in [-0.4, -0.2) is 17.6 Å². The van der Waals surface area contributed by atoms with E-state index in [0.29, 0.717) is 23.2 Å². The SMILES string of the molecule is CCOc1ccccc1NC(=O)N(c1ccccc1)c1nc2c(s1)CCCC2. The molecule has 1 heterocycles. The smallest absolute Gasteiger partial charge is 0.332 e. The molecule has 4 rings (SSSR count). The van der Waals surface area contributed by atoms with Crippen LogP contribution in [0.3, 0.4) is 0 Å². The van der Waals surface area contributed by atoms with E-state index in [2.05, 4.69) is 5.32 Å². The third kappa shape index (κ3) is 3.87. The molecule has 0 spiro atoms. The van der Waals surface area contributed by atoms with Crippen molar-refractivity contribution in [3.63, 3.8) is 0 Å². The number of nitrogens with zero attached hydrogens (tertiary/aromatic N) is 2. The Kier molecular flexibility index (Phi) is 5.58. The second-order valence-corrected chi connectivity index (χ2v) is 7.67. The summed E-state index contributed by atoms with van der Waals surface area (Å²) in [6.07, 6.45) is 4.39. The molecule has 1 aromatic heterocycles. The summed E-state index contributed by atoms with van der Waals surface area (Å²) in [5.74, 6) is 0.657. The molecular weight excluding hydrogens is 370 g/mol. The number of amides is 2. The number of fused-ring (bicyclic) bond motifs is 1. The van der Waals surface area contributed by atoms with Crippen molar-refractivity contribution in [1.82, 2.24) is 4.98 Å². The summed E-state index contributed by atoms with van der Waals surface area (Å²) in [4.78, 5) is 21.1. The molecule has 0 radical (unpaired) electrons. The number of benzene rings is 2. The molecule has 1 N–H and O–H groups in total. The second-order valence-electron chi connectivity index (χ2n) is 6.60. The Labute approximate surface area is 169 Å². The fraction of sp³-hybridized carbons (Fsp3) is 0.273. The van der Waals surface area contributed by atoms with Crippen LogP contribution in [0, 0.1) is 0 Å². The molecule has 5 nitrogen and oxygen atoms in total. The van der Waals surface area contributed by atoms with Crippen LogP contribution < -0.4 is 15.0 Å². The van der Waals surface area contributed by atoms with Crippen molar-refractivity contribution >= 4 is 33.9 Å². The van der Waals surface area contributed by atoms with Gasteiger partial charge in [-0.25, -0.2) is 14.7 Å². The molecule has 2 aromatic carbocycles. The van der Waals surface area contributed by atoms with Crippen LogP contribution in [0.5, 0.6) is 5.75 Å². The summed E-state index contributed by atoms with van der Waals surface area (Å²) in [5, 5.41) is 3.71. The van der Waals surface area contributed by atoms with Crippen LogP contribution in [0.1, 0.15) is 30.3 Å². The van der Waals surface area contributed by atoms with Gasteiger partial charge in [-0.05, 0) is 56.9 Å². The zero-order valence-electron chi connectivity index (χ0n) is 15.9. The lowest BCUT2D eigenvalue weighted by atomic mass is 10.0. The lowest BCUT2D eigenvalue weighted by molar-refractivity contribution is 0.258. The molecule has 0 unspecified atom stereocenters. The van der Waals surface area contributed by atoms with Gasteiger partial charge in [-0.15, -0.1) is 11.3 Å². The van der Waals surface area contributed by atoms with Crippen molar-refractivity contribution in [3.05, 3.63) is 65.2 Å². The number of carbonyl (C=O) groups is 1. The maximum atomic E-state index is 13.3. The van der Waals surface area contributed by atoms with Crippen LogP contribution in [-0.2, 0) is 12.8 Å². The number of rotatable bonds is 5. The first-order chi connectivity index (χ1) is 13.8. The van der Waals surface area contributed by atoms with E-state index in [1.54, 1.807) is 16.2 Å². The van der Waals surface area contributed by atoms with Gasteiger partial charge in [-0.3, -0.25) is 0 Å². The van der Waals surface area contributed by atoms with Gasteiger partial charge in [0.2, 0.25) is 0 Å². The Bertz CT molecular complexity index is 932. The number of thiazole rings is 1. The van der Waals surface area contributed by atoms with Gasteiger partial charge in [0.25, 0.3) is 0 Å². The largest absolute Gasteiger partial charge is 0.492 e. The molecule has 0 fully saturated rings. The van der Waals surface area contributed by atoms with E-state index in [1.165, 1.54) is 11.3 Å². The first kappa shape index (κ1) is 18.5. The molecule has 144 valence electrons. The van der Waals surface area contributed by atoms with Gasteiger partial charge in [0.15, 0.2) is 5.13 Å². The van der Waals surface area contributed by atoms with Crippen molar-refractivity contribution in [2.24, 2.45) is 0 Å². The van der Waals surface area contributed by atoms with E-state index in [-0.39, 0.29) is 6.03 Å². The number of hydrogen-bond donors (Lipinski definition) is 1. The van der Waals surface area contributed by atoms with E-state index in [0.717, 1.165) is 30.6 Å². The van der Waals surface area contributed by atoms with Crippen LogP contribution in [0.15, 0.2) is 54.6 Å². The Balaban J connectivity index is 1.68. The summed E-state index contributed by atoms with van der Waals surface area (Å²) in [7, 11) is 0. The Morgan fingerprint density at radius 1 is 1.11 bits per heavy atom. The fourth-order valence-corrected chi connectivity index (χ4v) is 4.52.